The fraction of sp³-hybridized carbons (Fsp3) is 0.800. The third-order valence-electron chi connectivity index (χ3n) is 3.10. The Kier molecular flexibility index (Phi) is 1.89. The first-order valence-electron chi connectivity index (χ1n) is 4.21. The molecule has 0 aromatic heterocycles. The standard InChI is InChI=1S/C10H18/c1-8-6-5-7-10(3,4)9(8)2/h5-6,8-9H,7H2,1-4H3. The van der Waals surface area contributed by atoms with Gasteiger partial charge in [-0.3, -0.25) is 0 Å². The van der Waals surface area contributed by atoms with Gasteiger partial charge in [-0.25, -0.2) is 0 Å². The van der Waals surface area contributed by atoms with Crippen LogP contribution < -0.4 is 0 Å². The Hall–Kier alpha value is -0.260. The quantitative estimate of drug-likeness (QED) is 0.451. The zero-order chi connectivity index (χ0) is 7.78. The molecule has 1 aliphatic carbocycles. The maximum absolute atomic E-state index is 2.36. The molecule has 0 N–H and O–H groups in total. The van der Waals surface area contributed by atoms with Gasteiger partial charge < -0.3 is 0 Å². The fourth-order valence-electron chi connectivity index (χ4n) is 1.65. The minimum atomic E-state index is 0.522. The monoisotopic (exact) mass is 138 g/mol. The molecule has 0 heterocycles. The highest BCUT2D eigenvalue weighted by Gasteiger charge is 2.30. The summed E-state index contributed by atoms with van der Waals surface area (Å²) in [5.74, 6) is 1.60. The number of allylic oxidation sites excluding steroid dienone is 2. The number of hydrogen-bond donors (Lipinski definition) is 0. The molecular weight excluding hydrogens is 120 g/mol. The lowest BCUT2D eigenvalue weighted by Gasteiger charge is -2.37. The van der Waals surface area contributed by atoms with Crippen molar-refractivity contribution in [3.8, 4) is 0 Å². The first-order valence-corrected chi connectivity index (χ1v) is 4.21. The second-order valence-electron chi connectivity index (χ2n) is 4.27. The van der Waals surface area contributed by atoms with Gasteiger partial charge in [0.15, 0.2) is 0 Å². The second-order valence-corrected chi connectivity index (χ2v) is 4.27. The maximum Gasteiger partial charge on any atom is -0.0231 e. The second kappa shape index (κ2) is 2.41. The van der Waals surface area contributed by atoms with Crippen LogP contribution in [0.4, 0.5) is 0 Å². The molecule has 0 aliphatic heterocycles. The summed E-state index contributed by atoms with van der Waals surface area (Å²) < 4.78 is 0. The molecule has 0 aromatic rings. The molecule has 0 fully saturated rings. The van der Waals surface area contributed by atoms with E-state index in [0.717, 1.165) is 11.8 Å². The van der Waals surface area contributed by atoms with Crippen LogP contribution in [0.25, 0.3) is 0 Å². The number of hydrogen-bond acceptors (Lipinski definition) is 0. The molecule has 2 atom stereocenters. The summed E-state index contributed by atoms with van der Waals surface area (Å²) in [6, 6.07) is 0. The summed E-state index contributed by atoms with van der Waals surface area (Å²) in [5, 5.41) is 0. The van der Waals surface area contributed by atoms with E-state index in [4.69, 9.17) is 0 Å². The molecule has 0 heteroatoms. The minimum Gasteiger partial charge on any atom is -0.0877 e. The van der Waals surface area contributed by atoms with Gasteiger partial charge in [-0.05, 0) is 23.7 Å². The molecule has 0 amide bonds. The van der Waals surface area contributed by atoms with Gasteiger partial charge in [-0.1, -0.05) is 39.8 Å². The van der Waals surface area contributed by atoms with Gasteiger partial charge >= 0.3 is 0 Å². The molecule has 0 saturated carbocycles. The van der Waals surface area contributed by atoms with Crippen LogP contribution in [0.5, 0.6) is 0 Å². The van der Waals surface area contributed by atoms with Crippen molar-refractivity contribution in [1.29, 1.82) is 0 Å². The largest absolute Gasteiger partial charge is 0.0877 e. The third kappa shape index (κ3) is 1.25. The van der Waals surface area contributed by atoms with Crippen molar-refractivity contribution in [3.63, 3.8) is 0 Å². The van der Waals surface area contributed by atoms with Gasteiger partial charge in [0.25, 0.3) is 0 Å². The number of rotatable bonds is 0. The van der Waals surface area contributed by atoms with Crippen molar-refractivity contribution in [2.75, 3.05) is 0 Å². The van der Waals surface area contributed by atoms with E-state index in [1.807, 2.05) is 0 Å². The Labute approximate surface area is 64.3 Å². The van der Waals surface area contributed by atoms with Crippen LogP contribution in [0.3, 0.4) is 0 Å². The Morgan fingerprint density at radius 3 is 2.30 bits per heavy atom. The molecule has 0 aromatic carbocycles. The molecule has 58 valence electrons. The summed E-state index contributed by atoms with van der Waals surface area (Å²) in [6.45, 7) is 9.38. The Morgan fingerprint density at radius 1 is 1.30 bits per heavy atom. The Morgan fingerprint density at radius 2 is 1.90 bits per heavy atom. The highest BCUT2D eigenvalue weighted by molar-refractivity contribution is 5.01. The lowest BCUT2D eigenvalue weighted by Crippen LogP contribution is -2.28. The topological polar surface area (TPSA) is 0 Å². The first-order chi connectivity index (χ1) is 4.54. The smallest absolute Gasteiger partial charge is 0.0231 e. The van der Waals surface area contributed by atoms with E-state index in [9.17, 15) is 0 Å². The molecule has 1 rings (SSSR count). The Bertz CT molecular complexity index is 142. The summed E-state index contributed by atoms with van der Waals surface area (Å²) in [5.41, 5.74) is 0.522. The molecule has 0 radical (unpaired) electrons. The summed E-state index contributed by atoms with van der Waals surface area (Å²) in [7, 11) is 0. The van der Waals surface area contributed by atoms with Crippen LogP contribution >= 0.6 is 0 Å². The van der Waals surface area contributed by atoms with Crippen molar-refractivity contribution in [2.24, 2.45) is 17.3 Å². The molecule has 0 bridgehead atoms. The maximum atomic E-state index is 2.36. The van der Waals surface area contributed by atoms with Crippen molar-refractivity contribution >= 4 is 0 Å². The predicted molar refractivity (Wildman–Crippen MR) is 45.9 cm³/mol. The highest BCUT2D eigenvalue weighted by atomic mass is 14.3. The average Bonchev–Trinajstić information content (AvgIpc) is 1.83. The Balaban J connectivity index is 2.75. The van der Waals surface area contributed by atoms with Gasteiger partial charge in [0.1, 0.15) is 0 Å². The first kappa shape index (κ1) is 7.84. The average molecular weight is 138 g/mol. The summed E-state index contributed by atoms with van der Waals surface area (Å²) in [4.78, 5) is 0. The van der Waals surface area contributed by atoms with Gasteiger partial charge in [0, 0.05) is 0 Å². The van der Waals surface area contributed by atoms with Crippen LogP contribution in [0.15, 0.2) is 12.2 Å². The van der Waals surface area contributed by atoms with E-state index in [2.05, 4.69) is 39.8 Å². The molecule has 2 unspecified atom stereocenters. The minimum absolute atomic E-state index is 0.522. The molecule has 10 heavy (non-hydrogen) atoms. The van der Waals surface area contributed by atoms with Crippen molar-refractivity contribution in [3.05, 3.63) is 12.2 Å². The molecule has 1 aliphatic rings. The summed E-state index contributed by atoms with van der Waals surface area (Å²) in [6.07, 6.45) is 5.92. The summed E-state index contributed by atoms with van der Waals surface area (Å²) >= 11 is 0. The van der Waals surface area contributed by atoms with E-state index in [1.54, 1.807) is 0 Å². The van der Waals surface area contributed by atoms with Gasteiger partial charge in [-0.2, -0.15) is 0 Å². The normalized spacial score (nSPS) is 38.0. The SMILES string of the molecule is CC1C=CCC(C)(C)C1C. The van der Waals surface area contributed by atoms with Crippen molar-refractivity contribution in [1.82, 2.24) is 0 Å². The van der Waals surface area contributed by atoms with Gasteiger partial charge in [-0.15, -0.1) is 0 Å². The van der Waals surface area contributed by atoms with Crippen LogP contribution in [0.1, 0.15) is 34.1 Å². The molecule has 0 saturated heterocycles. The van der Waals surface area contributed by atoms with E-state index in [0.29, 0.717) is 5.41 Å². The van der Waals surface area contributed by atoms with Crippen molar-refractivity contribution in [2.45, 2.75) is 34.1 Å². The van der Waals surface area contributed by atoms with Gasteiger partial charge in [0.05, 0.1) is 0 Å². The lowest BCUT2D eigenvalue weighted by molar-refractivity contribution is 0.179. The van der Waals surface area contributed by atoms with Crippen LogP contribution in [-0.4, -0.2) is 0 Å². The van der Waals surface area contributed by atoms with Crippen LogP contribution in [-0.2, 0) is 0 Å². The van der Waals surface area contributed by atoms with E-state index in [1.165, 1.54) is 6.42 Å². The predicted octanol–water partition coefficient (Wildman–Crippen LogP) is 3.24. The molecular formula is C10H18. The molecule has 0 nitrogen and oxygen atoms in total. The fourth-order valence-corrected chi connectivity index (χ4v) is 1.65. The van der Waals surface area contributed by atoms with Crippen LogP contribution in [0.2, 0.25) is 0 Å². The zero-order valence-electron chi connectivity index (χ0n) is 7.52. The van der Waals surface area contributed by atoms with E-state index in [-0.39, 0.29) is 0 Å². The van der Waals surface area contributed by atoms with E-state index < -0.39 is 0 Å². The van der Waals surface area contributed by atoms with Crippen molar-refractivity contribution < 1.29 is 0 Å². The highest BCUT2D eigenvalue weighted by Crippen LogP contribution is 2.39. The lowest BCUT2D eigenvalue weighted by atomic mass is 9.68. The molecule has 0 spiro atoms. The zero-order valence-corrected chi connectivity index (χ0v) is 7.52. The van der Waals surface area contributed by atoms with Gasteiger partial charge in [0.2, 0.25) is 0 Å². The van der Waals surface area contributed by atoms with E-state index >= 15 is 0 Å². The van der Waals surface area contributed by atoms with Crippen LogP contribution in [0, 0.1) is 17.3 Å². The third-order valence-corrected chi connectivity index (χ3v) is 3.10.